The fraction of sp³-hybridized carbons (Fsp3) is 0.667. The maximum atomic E-state index is 11.6. The summed E-state index contributed by atoms with van der Waals surface area (Å²) in [5.41, 5.74) is 0. The van der Waals surface area contributed by atoms with Gasteiger partial charge in [0.2, 0.25) is 0 Å². The van der Waals surface area contributed by atoms with E-state index in [2.05, 4.69) is 4.84 Å². The van der Waals surface area contributed by atoms with E-state index in [0.717, 1.165) is 0 Å². The second kappa shape index (κ2) is 4.80. The fourth-order valence-corrected chi connectivity index (χ4v) is 0.469. The van der Waals surface area contributed by atoms with Crippen LogP contribution in [0.25, 0.3) is 0 Å². The number of carbonyl (C=O) groups is 2. The summed E-state index contributed by atoms with van der Waals surface area (Å²) in [6.45, 7) is -0.761. The van der Waals surface area contributed by atoms with Crippen LogP contribution in [0.15, 0.2) is 0 Å². The first kappa shape index (κ1) is 12.7. The van der Waals surface area contributed by atoms with Crippen molar-refractivity contribution >= 4 is 11.8 Å². The summed E-state index contributed by atoms with van der Waals surface area (Å²) < 4.78 is 34.8. The Morgan fingerprint density at radius 2 is 1.93 bits per heavy atom. The Morgan fingerprint density at radius 3 is 2.29 bits per heavy atom. The third-order valence-corrected chi connectivity index (χ3v) is 1.28. The van der Waals surface area contributed by atoms with Gasteiger partial charge >= 0.3 is 12.1 Å². The van der Waals surface area contributed by atoms with Gasteiger partial charge in [-0.05, 0) is 0 Å². The molecule has 0 spiro atoms. The van der Waals surface area contributed by atoms with E-state index in [0.29, 0.717) is 5.06 Å². The van der Waals surface area contributed by atoms with Crippen molar-refractivity contribution in [1.82, 2.24) is 10.4 Å². The zero-order chi connectivity index (χ0) is 11.4. The van der Waals surface area contributed by atoms with Crippen LogP contribution in [0.2, 0.25) is 0 Å². The Kier molecular flexibility index (Phi) is 4.35. The van der Waals surface area contributed by atoms with Crippen LogP contribution in [-0.2, 0) is 14.4 Å². The molecule has 0 aliphatic carbocycles. The number of carbonyl (C=O) groups excluding carboxylic acids is 2. The predicted octanol–water partition coefficient (Wildman–Crippen LogP) is -0.315. The topological polar surface area (TPSA) is 58.6 Å². The van der Waals surface area contributed by atoms with E-state index in [4.69, 9.17) is 0 Å². The van der Waals surface area contributed by atoms with Crippen LogP contribution in [0.4, 0.5) is 13.2 Å². The van der Waals surface area contributed by atoms with Gasteiger partial charge in [0.25, 0.3) is 5.91 Å². The molecule has 0 aliphatic rings. The van der Waals surface area contributed by atoms with Crippen molar-refractivity contribution < 1.29 is 27.6 Å². The van der Waals surface area contributed by atoms with Crippen LogP contribution in [0.1, 0.15) is 0 Å². The zero-order valence-electron chi connectivity index (χ0n) is 7.51. The van der Waals surface area contributed by atoms with E-state index in [-0.39, 0.29) is 0 Å². The number of nitrogens with one attached hydrogen (secondary N) is 1. The van der Waals surface area contributed by atoms with Gasteiger partial charge in [0.1, 0.15) is 0 Å². The van der Waals surface area contributed by atoms with Crippen molar-refractivity contribution in [2.24, 2.45) is 0 Å². The minimum Gasteiger partial charge on any atom is -0.339 e. The van der Waals surface area contributed by atoms with Crippen LogP contribution >= 0.6 is 0 Å². The molecule has 0 rings (SSSR count). The van der Waals surface area contributed by atoms with Crippen LogP contribution in [0, 0.1) is 0 Å². The number of rotatable bonds is 3. The minimum atomic E-state index is -4.98. The Hall–Kier alpha value is -1.31. The van der Waals surface area contributed by atoms with E-state index < -0.39 is 24.5 Å². The van der Waals surface area contributed by atoms with Crippen molar-refractivity contribution in [2.45, 2.75) is 6.18 Å². The van der Waals surface area contributed by atoms with Gasteiger partial charge in [0.05, 0.1) is 13.7 Å². The second-order valence-electron chi connectivity index (χ2n) is 2.25. The molecule has 0 unspecified atom stereocenters. The molecular formula is C6H9F3N2O3. The molecule has 14 heavy (non-hydrogen) atoms. The molecule has 1 N–H and O–H groups in total. The highest BCUT2D eigenvalue weighted by Gasteiger charge is 2.38. The highest BCUT2D eigenvalue weighted by molar-refractivity contribution is 5.86. The van der Waals surface area contributed by atoms with Crippen molar-refractivity contribution in [2.75, 3.05) is 20.7 Å². The number of hydrogen-bond acceptors (Lipinski definition) is 3. The molecule has 0 atom stereocenters. The first-order valence-corrected chi connectivity index (χ1v) is 3.44. The lowest BCUT2D eigenvalue weighted by atomic mass is 10.5. The normalized spacial score (nSPS) is 10.9. The smallest absolute Gasteiger partial charge is 0.339 e. The first-order valence-electron chi connectivity index (χ1n) is 3.44. The molecule has 0 bridgehead atoms. The van der Waals surface area contributed by atoms with Crippen molar-refractivity contribution in [3.05, 3.63) is 0 Å². The molecule has 0 aliphatic heterocycles. The Morgan fingerprint density at radius 1 is 1.43 bits per heavy atom. The summed E-state index contributed by atoms with van der Waals surface area (Å²) in [5.74, 6) is -2.94. The van der Waals surface area contributed by atoms with Crippen molar-refractivity contribution in [1.29, 1.82) is 0 Å². The minimum absolute atomic E-state index is 0.705. The molecule has 0 aromatic heterocycles. The molecule has 0 heterocycles. The summed E-state index contributed by atoms with van der Waals surface area (Å²) in [4.78, 5) is 25.4. The first-order chi connectivity index (χ1) is 6.29. The molecule has 0 radical (unpaired) electrons. The molecule has 0 aromatic carbocycles. The monoisotopic (exact) mass is 214 g/mol. The van der Waals surface area contributed by atoms with Gasteiger partial charge in [0.15, 0.2) is 0 Å². The third-order valence-electron chi connectivity index (χ3n) is 1.28. The molecule has 5 nitrogen and oxygen atoms in total. The number of hydroxylamine groups is 2. The average Bonchev–Trinajstić information content (AvgIpc) is 2.10. The van der Waals surface area contributed by atoms with E-state index >= 15 is 0 Å². The Balaban J connectivity index is 3.96. The lowest BCUT2D eigenvalue weighted by Gasteiger charge is -2.14. The lowest BCUT2D eigenvalue weighted by molar-refractivity contribution is -0.177. The summed E-state index contributed by atoms with van der Waals surface area (Å²) in [7, 11) is 2.38. The number of nitrogens with zero attached hydrogens (tertiary/aromatic N) is 1. The van der Waals surface area contributed by atoms with Crippen molar-refractivity contribution in [3.63, 3.8) is 0 Å². The third kappa shape index (κ3) is 4.08. The fourth-order valence-electron chi connectivity index (χ4n) is 0.469. The number of alkyl halides is 3. The summed E-state index contributed by atoms with van der Waals surface area (Å²) in [6.07, 6.45) is -4.98. The molecule has 0 fully saturated rings. The number of halogens is 3. The van der Waals surface area contributed by atoms with Gasteiger partial charge in [0, 0.05) is 7.05 Å². The Bertz CT molecular complexity index is 229. The van der Waals surface area contributed by atoms with Gasteiger partial charge in [-0.25, -0.2) is 5.06 Å². The summed E-state index contributed by atoms with van der Waals surface area (Å²) in [6, 6.07) is 0. The van der Waals surface area contributed by atoms with E-state index in [1.54, 1.807) is 0 Å². The van der Waals surface area contributed by atoms with E-state index in [1.807, 2.05) is 0 Å². The summed E-state index contributed by atoms with van der Waals surface area (Å²) in [5, 5.41) is 2.11. The van der Waals surface area contributed by atoms with Gasteiger partial charge in [-0.1, -0.05) is 0 Å². The van der Waals surface area contributed by atoms with Crippen LogP contribution in [0.5, 0.6) is 0 Å². The maximum absolute atomic E-state index is 11.6. The molecule has 0 aromatic rings. The lowest BCUT2D eigenvalue weighted by Crippen LogP contribution is -2.43. The number of amides is 2. The number of hydrogen-bond donors (Lipinski definition) is 1. The average molecular weight is 214 g/mol. The maximum Gasteiger partial charge on any atom is 0.471 e. The second-order valence-corrected chi connectivity index (χ2v) is 2.25. The predicted molar refractivity (Wildman–Crippen MR) is 38.8 cm³/mol. The van der Waals surface area contributed by atoms with Gasteiger partial charge in [-0.2, -0.15) is 13.2 Å². The van der Waals surface area contributed by atoms with Gasteiger partial charge in [-0.15, -0.1) is 0 Å². The largest absolute Gasteiger partial charge is 0.471 e. The molecule has 8 heteroatoms. The summed E-state index contributed by atoms with van der Waals surface area (Å²) >= 11 is 0. The Labute approximate surface area is 77.8 Å². The van der Waals surface area contributed by atoms with E-state index in [1.165, 1.54) is 19.5 Å². The molecule has 0 saturated heterocycles. The van der Waals surface area contributed by atoms with Crippen LogP contribution in [0.3, 0.4) is 0 Å². The van der Waals surface area contributed by atoms with E-state index in [9.17, 15) is 22.8 Å². The highest BCUT2D eigenvalue weighted by atomic mass is 19.4. The highest BCUT2D eigenvalue weighted by Crippen LogP contribution is 2.13. The van der Waals surface area contributed by atoms with Crippen LogP contribution in [-0.4, -0.2) is 43.8 Å². The van der Waals surface area contributed by atoms with Crippen LogP contribution < -0.4 is 5.32 Å². The zero-order valence-corrected chi connectivity index (χ0v) is 7.51. The number of likely N-dealkylation sites (N-methyl/N-ethyl adjacent to an activating group) is 1. The van der Waals surface area contributed by atoms with Gasteiger partial charge in [-0.3, -0.25) is 14.4 Å². The van der Waals surface area contributed by atoms with Gasteiger partial charge < -0.3 is 5.32 Å². The SMILES string of the molecule is CON(C)C(=O)CNC(=O)C(F)(F)F. The molecule has 2 amide bonds. The molecular weight excluding hydrogens is 205 g/mol. The molecule has 82 valence electrons. The standard InChI is InChI=1S/C6H9F3N2O3/c1-11(14-2)4(12)3-10-5(13)6(7,8)9/h3H2,1-2H3,(H,10,13). The van der Waals surface area contributed by atoms with Crippen molar-refractivity contribution in [3.8, 4) is 0 Å². The molecule has 0 saturated carbocycles. The quantitative estimate of drug-likeness (QED) is 0.655.